The number of hydrogen-bond donors (Lipinski definition) is 2. The van der Waals surface area contributed by atoms with Crippen molar-refractivity contribution in [1.29, 1.82) is 0 Å². The number of hydrazine groups is 1. The molecule has 2 aromatic carbocycles. The van der Waals surface area contributed by atoms with E-state index in [0.717, 1.165) is 12.1 Å². The highest BCUT2D eigenvalue weighted by Gasteiger charge is 2.25. The van der Waals surface area contributed by atoms with Crippen LogP contribution in [0.1, 0.15) is 17.2 Å². The van der Waals surface area contributed by atoms with Crippen molar-refractivity contribution < 1.29 is 13.2 Å². The maximum Gasteiger partial charge on any atom is 0.148 e. The van der Waals surface area contributed by atoms with Crippen molar-refractivity contribution in [2.75, 3.05) is 0 Å². The molecule has 0 heterocycles. The summed E-state index contributed by atoms with van der Waals surface area (Å²) < 4.78 is 42.8. The molecule has 112 valence electrons. The Morgan fingerprint density at radius 2 is 1.67 bits per heavy atom. The Kier molecular flexibility index (Phi) is 5.32. The fraction of sp³-hybridized carbons (Fsp3) is 0.0769. The predicted molar refractivity (Wildman–Crippen MR) is 82.3 cm³/mol. The van der Waals surface area contributed by atoms with Gasteiger partial charge in [-0.05, 0) is 34.1 Å². The average molecular weight is 444 g/mol. The third-order valence-electron chi connectivity index (χ3n) is 2.88. The molecule has 8 heteroatoms. The Morgan fingerprint density at radius 1 is 1.10 bits per heavy atom. The largest absolute Gasteiger partial charge is 0.271 e. The number of nitrogens with two attached hydrogens (primary N) is 1. The minimum Gasteiger partial charge on any atom is -0.271 e. The third-order valence-corrected chi connectivity index (χ3v) is 4.59. The minimum absolute atomic E-state index is 0.0641. The fourth-order valence-corrected chi connectivity index (χ4v) is 2.80. The molecule has 0 bridgehead atoms. The van der Waals surface area contributed by atoms with Crippen LogP contribution in [-0.2, 0) is 0 Å². The van der Waals surface area contributed by atoms with Gasteiger partial charge in [0, 0.05) is 20.1 Å². The highest BCUT2D eigenvalue weighted by Crippen LogP contribution is 2.35. The van der Waals surface area contributed by atoms with E-state index < -0.39 is 29.1 Å². The maximum atomic E-state index is 14.2. The van der Waals surface area contributed by atoms with E-state index >= 15 is 0 Å². The van der Waals surface area contributed by atoms with Crippen molar-refractivity contribution in [3.05, 3.63) is 66.8 Å². The van der Waals surface area contributed by atoms with Crippen LogP contribution in [-0.4, -0.2) is 0 Å². The number of rotatable bonds is 3. The van der Waals surface area contributed by atoms with Crippen LogP contribution < -0.4 is 11.3 Å². The van der Waals surface area contributed by atoms with Gasteiger partial charge >= 0.3 is 0 Å². The molecular formula is C13H8Br2ClF3N2. The van der Waals surface area contributed by atoms with E-state index in [4.69, 9.17) is 17.4 Å². The summed E-state index contributed by atoms with van der Waals surface area (Å²) in [6.07, 6.45) is 0. The van der Waals surface area contributed by atoms with Crippen LogP contribution in [0.5, 0.6) is 0 Å². The van der Waals surface area contributed by atoms with Crippen molar-refractivity contribution in [2.45, 2.75) is 6.04 Å². The van der Waals surface area contributed by atoms with Gasteiger partial charge in [-0.15, -0.1) is 0 Å². The Bertz CT molecular complexity index is 674. The van der Waals surface area contributed by atoms with E-state index in [1.807, 2.05) is 0 Å². The van der Waals surface area contributed by atoms with Gasteiger partial charge in [0.25, 0.3) is 0 Å². The average Bonchev–Trinajstić information content (AvgIpc) is 2.41. The molecule has 0 saturated heterocycles. The first-order valence-corrected chi connectivity index (χ1v) is 7.57. The van der Waals surface area contributed by atoms with Crippen molar-refractivity contribution in [2.24, 2.45) is 5.84 Å². The molecule has 0 aliphatic carbocycles. The molecule has 0 spiro atoms. The van der Waals surface area contributed by atoms with Gasteiger partial charge in [-0.25, -0.2) is 18.6 Å². The third kappa shape index (κ3) is 3.27. The molecule has 2 aromatic rings. The Hall–Kier alpha value is -0.600. The van der Waals surface area contributed by atoms with Crippen LogP contribution in [0.25, 0.3) is 0 Å². The van der Waals surface area contributed by atoms with Crippen LogP contribution in [0.2, 0.25) is 5.02 Å². The molecule has 2 nitrogen and oxygen atoms in total. The Labute approximate surface area is 140 Å². The number of hydrogen-bond acceptors (Lipinski definition) is 2. The van der Waals surface area contributed by atoms with Crippen molar-refractivity contribution in [3.63, 3.8) is 0 Å². The van der Waals surface area contributed by atoms with Crippen molar-refractivity contribution >= 4 is 43.5 Å². The smallest absolute Gasteiger partial charge is 0.148 e. The number of benzene rings is 2. The molecule has 0 saturated carbocycles. The highest BCUT2D eigenvalue weighted by molar-refractivity contribution is 9.10. The van der Waals surface area contributed by atoms with E-state index in [0.29, 0.717) is 4.47 Å². The van der Waals surface area contributed by atoms with Gasteiger partial charge in [-0.3, -0.25) is 5.84 Å². The number of nitrogens with one attached hydrogen (secondary N) is 1. The predicted octanol–water partition coefficient (Wildman–Crippen LogP) is 4.84. The lowest BCUT2D eigenvalue weighted by Crippen LogP contribution is -2.31. The Balaban J connectivity index is 2.64. The maximum absolute atomic E-state index is 14.2. The SMILES string of the molecule is NNC(c1ccc(Br)c(Cl)c1F)c1c(F)cc(Br)cc1F. The second kappa shape index (κ2) is 6.66. The zero-order valence-electron chi connectivity index (χ0n) is 10.2. The molecule has 0 aliphatic rings. The zero-order chi connectivity index (χ0) is 15.7. The molecule has 0 aromatic heterocycles. The molecule has 1 atom stereocenters. The summed E-state index contributed by atoms with van der Waals surface area (Å²) in [5, 5.41) is -0.189. The standard InChI is InChI=1S/C13H8Br2ClF3N2/c14-5-3-8(17)10(9(18)4-5)13(21-20)6-1-2-7(15)11(16)12(6)19/h1-4,13,21H,20H2. The first-order chi connectivity index (χ1) is 9.86. The van der Waals surface area contributed by atoms with Gasteiger partial charge in [0.2, 0.25) is 0 Å². The van der Waals surface area contributed by atoms with Gasteiger partial charge in [0.05, 0.1) is 11.1 Å². The van der Waals surface area contributed by atoms with E-state index in [1.54, 1.807) is 0 Å². The summed E-state index contributed by atoms with van der Waals surface area (Å²) in [5.74, 6) is 2.83. The first kappa shape index (κ1) is 16.8. The molecule has 3 N–H and O–H groups in total. The van der Waals surface area contributed by atoms with Gasteiger partial charge in [0.1, 0.15) is 17.5 Å². The summed E-state index contributed by atoms with van der Waals surface area (Å²) in [4.78, 5) is 0. The molecule has 0 amide bonds. The van der Waals surface area contributed by atoms with Crippen LogP contribution in [0.4, 0.5) is 13.2 Å². The second-order valence-electron chi connectivity index (χ2n) is 4.15. The monoisotopic (exact) mass is 442 g/mol. The summed E-state index contributed by atoms with van der Waals surface area (Å²) >= 11 is 11.8. The van der Waals surface area contributed by atoms with Gasteiger partial charge in [0.15, 0.2) is 0 Å². The van der Waals surface area contributed by atoms with Gasteiger partial charge in [-0.1, -0.05) is 33.6 Å². The minimum atomic E-state index is -1.22. The fourth-order valence-electron chi connectivity index (χ4n) is 1.92. The Morgan fingerprint density at radius 3 is 2.19 bits per heavy atom. The molecular weight excluding hydrogens is 436 g/mol. The topological polar surface area (TPSA) is 38.0 Å². The summed E-state index contributed by atoms with van der Waals surface area (Å²) in [5.41, 5.74) is 1.76. The lowest BCUT2D eigenvalue weighted by atomic mass is 9.97. The van der Waals surface area contributed by atoms with Crippen LogP contribution in [0.3, 0.4) is 0 Å². The normalized spacial score (nSPS) is 12.5. The molecule has 1 unspecified atom stereocenters. The van der Waals surface area contributed by atoms with Gasteiger partial charge < -0.3 is 0 Å². The molecule has 0 radical (unpaired) electrons. The van der Waals surface area contributed by atoms with Gasteiger partial charge in [-0.2, -0.15) is 0 Å². The van der Waals surface area contributed by atoms with E-state index in [2.05, 4.69) is 37.3 Å². The second-order valence-corrected chi connectivity index (χ2v) is 6.30. The summed E-state index contributed by atoms with van der Waals surface area (Å²) in [7, 11) is 0. The molecule has 21 heavy (non-hydrogen) atoms. The quantitative estimate of drug-likeness (QED) is 0.404. The van der Waals surface area contributed by atoms with E-state index in [-0.39, 0.29) is 15.1 Å². The van der Waals surface area contributed by atoms with Crippen molar-refractivity contribution in [3.8, 4) is 0 Å². The van der Waals surface area contributed by atoms with E-state index in [1.165, 1.54) is 12.1 Å². The van der Waals surface area contributed by atoms with Crippen LogP contribution in [0, 0.1) is 17.5 Å². The van der Waals surface area contributed by atoms with Crippen molar-refractivity contribution in [1.82, 2.24) is 5.43 Å². The lowest BCUT2D eigenvalue weighted by molar-refractivity contribution is 0.494. The number of halogens is 6. The van der Waals surface area contributed by atoms with Crippen LogP contribution >= 0.6 is 43.5 Å². The highest BCUT2D eigenvalue weighted by atomic mass is 79.9. The molecule has 2 rings (SSSR count). The lowest BCUT2D eigenvalue weighted by Gasteiger charge is -2.20. The van der Waals surface area contributed by atoms with Crippen LogP contribution in [0.15, 0.2) is 33.2 Å². The molecule has 0 aliphatic heterocycles. The molecule has 0 fully saturated rings. The zero-order valence-corrected chi connectivity index (χ0v) is 14.2. The first-order valence-electron chi connectivity index (χ1n) is 5.60. The van der Waals surface area contributed by atoms with E-state index in [9.17, 15) is 13.2 Å². The summed E-state index contributed by atoms with van der Waals surface area (Å²) in [6.45, 7) is 0. The summed E-state index contributed by atoms with van der Waals surface area (Å²) in [6, 6.07) is 3.74.